The number of H-pyrrole nitrogens is 1. The van der Waals surface area contributed by atoms with Crippen LogP contribution in [0.2, 0.25) is 0 Å². The molecule has 1 aliphatic rings. The lowest BCUT2D eigenvalue weighted by Crippen LogP contribution is -2.37. The van der Waals surface area contributed by atoms with Gasteiger partial charge < -0.3 is 15.0 Å². The van der Waals surface area contributed by atoms with Crippen molar-refractivity contribution in [2.24, 2.45) is 0 Å². The average molecular weight is 490 g/mol. The van der Waals surface area contributed by atoms with Crippen molar-refractivity contribution in [3.05, 3.63) is 70.3 Å². The molecule has 0 radical (unpaired) electrons. The Balaban J connectivity index is 1.16. The van der Waals surface area contributed by atoms with Crippen molar-refractivity contribution in [3.8, 4) is 5.75 Å². The van der Waals surface area contributed by atoms with Gasteiger partial charge in [-0.15, -0.1) is 11.3 Å². The molecule has 0 unspecified atom stereocenters. The number of likely N-dealkylation sites (tertiary alicyclic amines) is 1. The first-order chi connectivity index (χ1) is 17.0. The number of benzene rings is 2. The molecule has 1 aliphatic heterocycles. The van der Waals surface area contributed by atoms with E-state index in [1.807, 2.05) is 61.2 Å². The van der Waals surface area contributed by atoms with Crippen molar-refractivity contribution in [2.75, 3.05) is 18.4 Å². The molecule has 8 nitrogen and oxygen atoms in total. The Morgan fingerprint density at radius 2 is 1.91 bits per heavy atom. The van der Waals surface area contributed by atoms with Crippen LogP contribution in [0.5, 0.6) is 5.75 Å². The van der Waals surface area contributed by atoms with E-state index in [-0.39, 0.29) is 23.8 Å². The fourth-order valence-corrected chi connectivity index (χ4v) is 5.22. The zero-order chi connectivity index (χ0) is 24.4. The van der Waals surface area contributed by atoms with Crippen molar-refractivity contribution >= 4 is 39.7 Å². The molecule has 0 spiro atoms. The molecule has 35 heavy (non-hydrogen) atoms. The molecule has 3 heterocycles. The number of carbonyl (C=O) groups excluding carboxylic acids is 2. The number of amides is 2. The highest BCUT2D eigenvalue weighted by molar-refractivity contribution is 7.10. The second-order valence-corrected chi connectivity index (χ2v) is 9.84. The summed E-state index contributed by atoms with van der Waals surface area (Å²) in [5.41, 5.74) is 2.64. The number of aromatic amines is 1. The van der Waals surface area contributed by atoms with Gasteiger partial charge in [0.2, 0.25) is 0 Å². The predicted molar refractivity (Wildman–Crippen MR) is 136 cm³/mol. The van der Waals surface area contributed by atoms with Crippen LogP contribution in [0, 0.1) is 0 Å². The molecular weight excluding hydrogens is 462 g/mol. The minimum absolute atomic E-state index is 0.0352. The van der Waals surface area contributed by atoms with Crippen LogP contribution in [0.1, 0.15) is 58.5 Å². The van der Waals surface area contributed by atoms with Crippen LogP contribution in [-0.2, 0) is 0 Å². The molecule has 0 saturated carbocycles. The fourth-order valence-electron chi connectivity index (χ4n) is 4.25. The van der Waals surface area contributed by atoms with E-state index < -0.39 is 0 Å². The second-order valence-electron chi connectivity index (χ2n) is 8.95. The van der Waals surface area contributed by atoms with Crippen molar-refractivity contribution < 1.29 is 14.3 Å². The molecule has 2 aromatic carbocycles. The first-order valence-corrected chi connectivity index (χ1v) is 12.6. The molecule has 0 atom stereocenters. The Morgan fingerprint density at radius 1 is 1.14 bits per heavy atom. The molecule has 180 valence electrons. The molecule has 1 fully saturated rings. The van der Waals surface area contributed by atoms with Crippen LogP contribution in [0.15, 0.2) is 54.0 Å². The zero-order valence-electron chi connectivity index (χ0n) is 19.7. The maximum atomic E-state index is 12.9. The van der Waals surface area contributed by atoms with Crippen LogP contribution in [0.25, 0.3) is 10.9 Å². The van der Waals surface area contributed by atoms with Gasteiger partial charge in [-0.05, 0) is 69.2 Å². The van der Waals surface area contributed by atoms with Crippen molar-refractivity contribution in [3.63, 3.8) is 0 Å². The maximum Gasteiger partial charge on any atom is 0.275 e. The lowest BCUT2D eigenvalue weighted by atomic mass is 9.97. The van der Waals surface area contributed by atoms with E-state index >= 15 is 0 Å². The minimum Gasteiger partial charge on any atom is -0.491 e. The fraction of sp³-hybridized carbons (Fsp3) is 0.308. The number of fused-ring (bicyclic) bond motifs is 1. The number of nitrogens with one attached hydrogen (secondary N) is 2. The highest BCUT2D eigenvalue weighted by Gasteiger charge is 2.27. The first kappa shape index (κ1) is 23.0. The van der Waals surface area contributed by atoms with Crippen LogP contribution >= 0.6 is 11.3 Å². The molecule has 0 aliphatic carbocycles. The number of thiazole rings is 1. The van der Waals surface area contributed by atoms with Gasteiger partial charge in [0.1, 0.15) is 11.4 Å². The Morgan fingerprint density at radius 3 is 2.66 bits per heavy atom. The zero-order valence-corrected chi connectivity index (χ0v) is 20.5. The van der Waals surface area contributed by atoms with Gasteiger partial charge in [0.05, 0.1) is 22.8 Å². The molecule has 0 bridgehead atoms. The standard InChI is InChI=1S/C26H27N5O3S/c1-16(2)34-21-7-4-18(5-8-21)26(33)31-11-9-17(10-12-31)25-29-23(15-35-25)24(32)28-20-6-3-19-14-27-30-22(19)13-20/h3-8,13-17H,9-12H2,1-2H3,(H,27,30)(H,28,32). The minimum atomic E-state index is -0.233. The Labute approximate surface area is 207 Å². The van der Waals surface area contributed by atoms with E-state index in [0.717, 1.165) is 34.5 Å². The Bertz CT molecular complexity index is 1340. The van der Waals surface area contributed by atoms with Gasteiger partial charge in [-0.1, -0.05) is 0 Å². The summed E-state index contributed by atoms with van der Waals surface area (Å²) in [6.07, 6.45) is 3.49. The second kappa shape index (κ2) is 9.87. The van der Waals surface area contributed by atoms with E-state index in [0.29, 0.717) is 30.0 Å². The molecular formula is C26H27N5O3S. The highest BCUT2D eigenvalue weighted by atomic mass is 32.1. The van der Waals surface area contributed by atoms with Crippen LogP contribution in [0.4, 0.5) is 5.69 Å². The highest BCUT2D eigenvalue weighted by Crippen LogP contribution is 2.31. The number of anilines is 1. The summed E-state index contributed by atoms with van der Waals surface area (Å²) < 4.78 is 5.66. The Kier molecular flexibility index (Phi) is 6.50. The van der Waals surface area contributed by atoms with Crippen molar-refractivity contribution in [2.45, 2.75) is 38.7 Å². The number of nitrogens with zero attached hydrogens (tertiary/aromatic N) is 3. The summed E-state index contributed by atoms with van der Waals surface area (Å²) in [5.74, 6) is 0.811. The summed E-state index contributed by atoms with van der Waals surface area (Å²) >= 11 is 1.51. The van der Waals surface area contributed by atoms with Crippen LogP contribution < -0.4 is 10.1 Å². The maximum absolute atomic E-state index is 12.9. The van der Waals surface area contributed by atoms with E-state index in [1.165, 1.54) is 11.3 Å². The molecule has 4 aromatic rings. The molecule has 2 amide bonds. The van der Waals surface area contributed by atoms with E-state index in [4.69, 9.17) is 4.74 Å². The Hall–Kier alpha value is -3.72. The van der Waals surface area contributed by atoms with Gasteiger partial charge in [0.15, 0.2) is 0 Å². The quantitative estimate of drug-likeness (QED) is 0.393. The topological polar surface area (TPSA) is 100 Å². The number of rotatable bonds is 6. The third kappa shape index (κ3) is 5.19. The number of hydrogen-bond acceptors (Lipinski definition) is 6. The number of ether oxygens (including phenoxy) is 1. The normalized spacial score (nSPS) is 14.4. The van der Waals surface area contributed by atoms with Gasteiger partial charge in [-0.3, -0.25) is 14.7 Å². The van der Waals surface area contributed by atoms with E-state index in [2.05, 4.69) is 20.5 Å². The molecule has 2 N–H and O–H groups in total. The number of hydrogen-bond donors (Lipinski definition) is 2. The monoisotopic (exact) mass is 489 g/mol. The molecule has 1 saturated heterocycles. The summed E-state index contributed by atoms with van der Waals surface area (Å²) in [6, 6.07) is 12.9. The van der Waals surface area contributed by atoms with Gasteiger partial charge in [0, 0.05) is 41.0 Å². The molecule has 2 aromatic heterocycles. The summed E-state index contributed by atoms with van der Waals surface area (Å²) in [7, 11) is 0. The summed E-state index contributed by atoms with van der Waals surface area (Å²) in [4.78, 5) is 32.1. The smallest absolute Gasteiger partial charge is 0.275 e. The lowest BCUT2D eigenvalue weighted by Gasteiger charge is -2.31. The van der Waals surface area contributed by atoms with E-state index in [9.17, 15) is 9.59 Å². The van der Waals surface area contributed by atoms with E-state index in [1.54, 1.807) is 11.6 Å². The molecule has 5 rings (SSSR count). The predicted octanol–water partition coefficient (Wildman–Crippen LogP) is 5.08. The largest absolute Gasteiger partial charge is 0.491 e. The molecule has 9 heteroatoms. The number of carbonyl (C=O) groups is 2. The van der Waals surface area contributed by atoms with Gasteiger partial charge >= 0.3 is 0 Å². The lowest BCUT2D eigenvalue weighted by molar-refractivity contribution is 0.0713. The third-order valence-electron chi connectivity index (χ3n) is 6.06. The van der Waals surface area contributed by atoms with Gasteiger partial charge in [-0.25, -0.2) is 4.98 Å². The SMILES string of the molecule is CC(C)Oc1ccc(C(=O)N2CCC(c3nc(C(=O)Nc4ccc5cn[nH]c5c4)cs3)CC2)cc1. The van der Waals surface area contributed by atoms with Gasteiger partial charge in [-0.2, -0.15) is 5.10 Å². The third-order valence-corrected chi connectivity index (χ3v) is 7.07. The average Bonchev–Trinajstić information content (AvgIpc) is 3.54. The number of piperidine rings is 1. The van der Waals surface area contributed by atoms with Crippen molar-refractivity contribution in [1.82, 2.24) is 20.1 Å². The number of aromatic nitrogens is 3. The van der Waals surface area contributed by atoms with Crippen LogP contribution in [0.3, 0.4) is 0 Å². The summed E-state index contributed by atoms with van der Waals surface area (Å²) in [5, 5.41) is 13.5. The van der Waals surface area contributed by atoms with Crippen molar-refractivity contribution in [1.29, 1.82) is 0 Å². The van der Waals surface area contributed by atoms with Gasteiger partial charge in [0.25, 0.3) is 11.8 Å². The van der Waals surface area contributed by atoms with Crippen LogP contribution in [-0.4, -0.2) is 51.1 Å². The summed E-state index contributed by atoms with van der Waals surface area (Å²) in [6.45, 7) is 5.28. The first-order valence-electron chi connectivity index (χ1n) is 11.7.